The Morgan fingerprint density at radius 2 is 0.933 bits per heavy atom. The third-order valence-electron chi connectivity index (χ3n) is 5.40. The number of aliphatic hydroxyl groups excluding tert-OH is 2. The summed E-state index contributed by atoms with van der Waals surface area (Å²) >= 11 is 0. The van der Waals surface area contributed by atoms with Crippen LogP contribution < -0.4 is 30.6 Å². The van der Waals surface area contributed by atoms with Gasteiger partial charge in [0.15, 0.2) is 11.6 Å². The Balaban J connectivity index is -0.000000356. The van der Waals surface area contributed by atoms with Gasteiger partial charge in [-0.3, -0.25) is 29.5 Å². The van der Waals surface area contributed by atoms with Crippen LogP contribution in [-0.4, -0.2) is 79.2 Å². The standard InChI is InChI=1S/2C13H12N4O2.2C5H8O2.2C2H6O.2Er/c2*1-9-2-3-12(18)10(6-9)7-16-17-13(19)11-8-14-4-5-15-11;2*1-4(6)3-5(2)7;2*1-2-3;;/h2*2-8,18H,1H3,(H,17,19);2*3,6H,1-2H3;2*3H,2H2,1H3;;/q;;;;;;2*+3/p-6/b2*16-7+;2*4-3-;;;;. The zero-order chi connectivity index (χ0) is 44.5. The molecule has 0 aliphatic carbocycles. The molecule has 0 bridgehead atoms. The fourth-order valence-corrected chi connectivity index (χ4v) is 3.32. The molecule has 0 atom stereocenters. The molecule has 0 unspecified atom stereocenters. The van der Waals surface area contributed by atoms with Crippen LogP contribution in [0.2, 0.25) is 0 Å². The van der Waals surface area contributed by atoms with Crippen LogP contribution in [-0.2, 0) is 9.59 Å². The first-order valence-corrected chi connectivity index (χ1v) is 17.0. The van der Waals surface area contributed by atoms with Crippen LogP contribution in [0.5, 0.6) is 11.5 Å². The third kappa shape index (κ3) is 34.2. The molecule has 0 fully saturated rings. The monoisotopic (exact) mass is 1130 g/mol. The van der Waals surface area contributed by atoms with Gasteiger partial charge in [0.25, 0.3) is 0 Å². The summed E-state index contributed by atoms with van der Waals surface area (Å²) in [6, 6.07) is 9.66. The number of carbonyl (C=O) groups excluding carboxylic acids is 2. The van der Waals surface area contributed by atoms with Crippen LogP contribution in [0.1, 0.15) is 75.2 Å². The van der Waals surface area contributed by atoms with Gasteiger partial charge in [-0.15, -0.1) is 11.5 Å². The summed E-state index contributed by atoms with van der Waals surface area (Å²) in [7, 11) is 0. The third-order valence-corrected chi connectivity index (χ3v) is 5.40. The summed E-state index contributed by atoms with van der Waals surface area (Å²) in [5.41, 5.74) is 2.84. The number of ketones is 2. The zero-order valence-corrected chi connectivity index (χ0v) is 37.7. The Labute approximate surface area is 408 Å². The topological polar surface area (TPSA) is 314 Å². The minimum absolute atomic E-state index is 0. The summed E-state index contributed by atoms with van der Waals surface area (Å²) in [4.78, 5) is 35.0. The molecule has 0 aliphatic rings. The van der Waals surface area contributed by atoms with Gasteiger partial charge in [-0.1, -0.05) is 72.9 Å². The normalized spacial score (nSPS) is 10.8. The van der Waals surface area contributed by atoms with E-state index in [2.05, 4.69) is 40.3 Å². The van der Waals surface area contributed by atoms with Crippen molar-refractivity contribution in [3.63, 3.8) is 0 Å². The SMILES string of the molecule is CC(=O)/C=C(/C)[O-].CC(=O)/C=C(/C)[O-].CCO.CCO.Cc1ccc([O-])c(/C=N/N=C(\[O-])c2cnccn2)c1.Cc1ccc([O-])c(/C=N/N=C(\[O-])c2cnccn2)c1.[Er+3].[Er+3]. The van der Waals surface area contributed by atoms with Gasteiger partial charge < -0.3 is 40.9 Å². The Morgan fingerprint density at radius 1 is 0.617 bits per heavy atom. The van der Waals surface area contributed by atoms with Crippen LogP contribution in [0, 0.1) is 88.5 Å². The molecule has 2 aromatic heterocycles. The van der Waals surface area contributed by atoms with Gasteiger partial charge in [0.05, 0.1) is 36.2 Å². The first kappa shape index (κ1) is 62.0. The van der Waals surface area contributed by atoms with E-state index in [1.165, 1.54) is 89.4 Å². The van der Waals surface area contributed by atoms with Crippen LogP contribution in [0.15, 0.2) is 118 Å². The molecule has 0 spiro atoms. The maximum atomic E-state index is 11.5. The number of hydrogen-bond acceptors (Lipinski definition) is 18. The van der Waals surface area contributed by atoms with Gasteiger partial charge in [-0.05, 0) is 64.8 Å². The van der Waals surface area contributed by atoms with E-state index in [0.29, 0.717) is 11.1 Å². The van der Waals surface area contributed by atoms with Crippen LogP contribution in [0.3, 0.4) is 0 Å². The van der Waals surface area contributed by atoms with Crippen LogP contribution >= 0.6 is 0 Å². The summed E-state index contributed by atoms with van der Waals surface area (Å²) < 4.78 is 0. The minimum atomic E-state index is -0.607. The number of allylic oxidation sites excluding steroid dienone is 4. The molecule has 0 saturated heterocycles. The number of rotatable bonds is 8. The molecular formula is C40H46Er2N8O10. The smallest absolute Gasteiger partial charge is 0.876 e. The van der Waals surface area contributed by atoms with Crippen molar-refractivity contribution in [1.29, 1.82) is 0 Å². The number of benzene rings is 2. The fourth-order valence-electron chi connectivity index (χ4n) is 3.32. The minimum Gasteiger partial charge on any atom is -0.876 e. The van der Waals surface area contributed by atoms with Crippen molar-refractivity contribution < 1.29 is 125 Å². The first-order valence-electron chi connectivity index (χ1n) is 17.0. The molecule has 4 rings (SSSR count). The maximum absolute atomic E-state index is 11.5. The van der Waals surface area contributed by atoms with E-state index in [4.69, 9.17) is 10.2 Å². The van der Waals surface area contributed by atoms with Crippen molar-refractivity contribution in [3.8, 4) is 11.5 Å². The molecule has 0 saturated carbocycles. The van der Waals surface area contributed by atoms with E-state index in [-0.39, 0.29) is 134 Å². The predicted octanol–water partition coefficient (Wildman–Crippen LogP) is -0.325. The van der Waals surface area contributed by atoms with Gasteiger partial charge >= 0.3 is 74.6 Å². The number of aryl methyl sites for hydroxylation is 2. The summed E-state index contributed by atoms with van der Waals surface area (Å²) in [6.07, 6.45) is 12.9. The second kappa shape index (κ2) is 38.5. The second-order valence-electron chi connectivity index (χ2n) is 10.9. The molecule has 2 aromatic carbocycles. The second-order valence-corrected chi connectivity index (χ2v) is 10.9. The largest absolute Gasteiger partial charge is 3.00 e. The van der Waals surface area contributed by atoms with Crippen molar-refractivity contribution in [2.75, 3.05) is 13.2 Å². The Kier molecular flexibility index (Phi) is 39.8. The Morgan fingerprint density at radius 3 is 1.17 bits per heavy atom. The molecule has 20 heteroatoms. The molecule has 2 radical (unpaired) electrons. The molecule has 2 heterocycles. The average Bonchev–Trinajstić information content (AvgIpc) is 3.15. The molecule has 2 N–H and O–H groups in total. The zero-order valence-electron chi connectivity index (χ0n) is 34.0. The Hall–Kier alpha value is -4.69. The summed E-state index contributed by atoms with van der Waals surface area (Å²) in [5.74, 6) is -2.30. The predicted molar refractivity (Wildman–Crippen MR) is 208 cm³/mol. The quantitative estimate of drug-likeness (QED) is 0.0751. The molecular weight excluding hydrogens is 1090 g/mol. The van der Waals surface area contributed by atoms with Crippen LogP contribution in [0.25, 0.3) is 0 Å². The summed E-state index contributed by atoms with van der Waals surface area (Å²) in [5, 5.41) is 95.2. The first-order chi connectivity index (χ1) is 27.4. The number of aromatic nitrogens is 4. The number of aliphatic hydroxyl groups is 2. The Bertz CT molecular complexity index is 1850. The van der Waals surface area contributed by atoms with E-state index in [1.807, 2.05) is 13.8 Å². The molecule has 0 aliphatic heterocycles. The van der Waals surface area contributed by atoms with E-state index in [0.717, 1.165) is 23.3 Å². The molecule has 330 valence electrons. The molecule has 60 heavy (non-hydrogen) atoms. The molecule has 0 amide bonds. The van der Waals surface area contributed by atoms with Gasteiger partial charge in [0.1, 0.15) is 0 Å². The van der Waals surface area contributed by atoms with Crippen molar-refractivity contribution in [2.45, 2.75) is 55.4 Å². The van der Waals surface area contributed by atoms with Crippen molar-refractivity contribution in [2.24, 2.45) is 20.4 Å². The van der Waals surface area contributed by atoms with E-state index < -0.39 is 11.8 Å². The maximum Gasteiger partial charge on any atom is 3.00 e. The summed E-state index contributed by atoms with van der Waals surface area (Å²) in [6.45, 7) is 13.0. The average molecular weight is 1130 g/mol. The van der Waals surface area contributed by atoms with E-state index >= 15 is 0 Å². The molecule has 4 aromatic rings. The fraction of sp³-hybridized carbons (Fsp3) is 0.250. The van der Waals surface area contributed by atoms with Gasteiger partial charge in [0, 0.05) is 49.8 Å². The number of nitrogens with zero attached hydrogens (tertiary/aromatic N) is 8. The van der Waals surface area contributed by atoms with Crippen LogP contribution in [0.4, 0.5) is 0 Å². The van der Waals surface area contributed by atoms with Crippen molar-refractivity contribution in [3.05, 3.63) is 131 Å². The van der Waals surface area contributed by atoms with Gasteiger partial charge in [0.2, 0.25) is 0 Å². The number of carbonyl (C=O) groups is 2. The van der Waals surface area contributed by atoms with E-state index in [9.17, 15) is 40.2 Å². The van der Waals surface area contributed by atoms with Gasteiger partial charge in [-0.2, -0.15) is 20.4 Å². The molecule has 18 nitrogen and oxygen atoms in total. The van der Waals surface area contributed by atoms with Gasteiger partial charge in [-0.25, -0.2) is 0 Å². The number of hydrogen-bond donors (Lipinski definition) is 2. The van der Waals surface area contributed by atoms with Crippen molar-refractivity contribution in [1.82, 2.24) is 19.9 Å². The van der Waals surface area contributed by atoms with Crippen molar-refractivity contribution >= 4 is 35.8 Å². The van der Waals surface area contributed by atoms with E-state index in [1.54, 1.807) is 38.1 Å².